The Kier molecular flexibility index (Phi) is 3.28. The van der Waals surface area contributed by atoms with Crippen molar-refractivity contribution in [3.05, 3.63) is 29.6 Å². The normalized spacial score (nSPS) is 17.9. The van der Waals surface area contributed by atoms with Crippen LogP contribution in [0.1, 0.15) is 30.6 Å². The van der Waals surface area contributed by atoms with Crippen LogP contribution in [-0.4, -0.2) is 31.0 Å². The first-order chi connectivity index (χ1) is 8.43. The highest BCUT2D eigenvalue weighted by Gasteiger charge is 2.33. The Morgan fingerprint density at radius 2 is 2.17 bits per heavy atom. The first-order valence-corrected chi connectivity index (χ1v) is 6.06. The fourth-order valence-electron chi connectivity index (χ4n) is 2.25. The first-order valence-electron chi connectivity index (χ1n) is 6.06. The number of ether oxygens (including phenoxy) is 1. The number of rotatable bonds is 2. The number of methoxy groups -OCH3 is 1. The van der Waals surface area contributed by atoms with Crippen LogP contribution >= 0.6 is 0 Å². The molecule has 98 valence electrons. The van der Waals surface area contributed by atoms with Gasteiger partial charge < -0.3 is 9.64 Å². The van der Waals surface area contributed by atoms with E-state index in [1.54, 1.807) is 11.0 Å². The molecule has 0 N–H and O–H groups in total. The number of carbonyl (C=O) groups excluding carboxylic acids is 1. The van der Waals surface area contributed by atoms with Gasteiger partial charge in [0.05, 0.1) is 12.7 Å². The van der Waals surface area contributed by atoms with Crippen molar-refractivity contribution < 1.29 is 13.9 Å². The van der Waals surface area contributed by atoms with Gasteiger partial charge in [0.15, 0.2) is 0 Å². The molecule has 1 amide bonds. The molecule has 1 fully saturated rings. The molecule has 1 saturated heterocycles. The molecule has 0 unspecified atom stereocenters. The molecule has 1 aliphatic rings. The van der Waals surface area contributed by atoms with Crippen LogP contribution < -0.4 is 4.74 Å². The third kappa shape index (κ3) is 2.47. The Morgan fingerprint density at radius 3 is 2.67 bits per heavy atom. The first kappa shape index (κ1) is 12.9. The largest absolute Gasteiger partial charge is 0.497 e. The van der Waals surface area contributed by atoms with Crippen molar-refractivity contribution in [3.63, 3.8) is 0 Å². The van der Waals surface area contributed by atoms with Crippen LogP contribution in [0.4, 0.5) is 4.39 Å². The smallest absolute Gasteiger partial charge is 0.256 e. The lowest BCUT2D eigenvalue weighted by molar-refractivity contribution is 0.0773. The maximum atomic E-state index is 13.8. The lowest BCUT2D eigenvalue weighted by atomic mass is 9.93. The summed E-state index contributed by atoms with van der Waals surface area (Å²) < 4.78 is 18.7. The highest BCUT2D eigenvalue weighted by molar-refractivity contribution is 5.94. The molecule has 1 aromatic rings. The number of likely N-dealkylation sites (tertiary alicyclic amines) is 1. The van der Waals surface area contributed by atoms with Crippen LogP contribution in [0.5, 0.6) is 5.75 Å². The number of nitrogens with zero attached hydrogens (tertiary/aromatic N) is 1. The molecule has 0 saturated carbocycles. The fourth-order valence-corrected chi connectivity index (χ4v) is 2.25. The molecule has 0 atom stereocenters. The van der Waals surface area contributed by atoms with E-state index in [-0.39, 0.29) is 16.9 Å². The van der Waals surface area contributed by atoms with E-state index in [2.05, 4.69) is 13.8 Å². The summed E-state index contributed by atoms with van der Waals surface area (Å²) in [6, 6.07) is 4.34. The minimum atomic E-state index is -0.524. The van der Waals surface area contributed by atoms with Gasteiger partial charge in [-0.05, 0) is 24.0 Å². The van der Waals surface area contributed by atoms with E-state index < -0.39 is 5.82 Å². The van der Waals surface area contributed by atoms with Crippen LogP contribution in [0.25, 0.3) is 0 Å². The van der Waals surface area contributed by atoms with Gasteiger partial charge in [-0.3, -0.25) is 4.79 Å². The number of hydrogen-bond acceptors (Lipinski definition) is 2. The van der Waals surface area contributed by atoms with Gasteiger partial charge in [0.1, 0.15) is 11.6 Å². The van der Waals surface area contributed by atoms with Crippen LogP contribution in [-0.2, 0) is 0 Å². The average Bonchev–Trinajstić information content (AvgIpc) is 2.68. The molecular weight excluding hydrogens is 233 g/mol. The molecule has 1 aliphatic heterocycles. The Balaban J connectivity index is 2.19. The topological polar surface area (TPSA) is 29.5 Å². The monoisotopic (exact) mass is 251 g/mol. The second-order valence-electron chi connectivity index (χ2n) is 5.49. The summed E-state index contributed by atoms with van der Waals surface area (Å²) in [4.78, 5) is 13.9. The second kappa shape index (κ2) is 4.59. The van der Waals surface area contributed by atoms with Gasteiger partial charge in [-0.25, -0.2) is 4.39 Å². The molecule has 4 heteroatoms. The summed E-state index contributed by atoms with van der Waals surface area (Å²) in [7, 11) is 1.47. The van der Waals surface area contributed by atoms with E-state index in [1.807, 2.05) is 0 Å². The van der Waals surface area contributed by atoms with Gasteiger partial charge in [0.2, 0.25) is 0 Å². The van der Waals surface area contributed by atoms with Crippen molar-refractivity contribution in [2.75, 3.05) is 20.2 Å². The van der Waals surface area contributed by atoms with Crippen molar-refractivity contribution in [3.8, 4) is 5.75 Å². The Bertz CT molecular complexity index is 471. The predicted octanol–water partition coefficient (Wildman–Crippen LogP) is 2.71. The summed E-state index contributed by atoms with van der Waals surface area (Å²) in [6.45, 7) is 5.60. The molecule has 1 aromatic carbocycles. The van der Waals surface area contributed by atoms with E-state index in [9.17, 15) is 9.18 Å². The Labute approximate surface area is 107 Å². The molecule has 3 nitrogen and oxygen atoms in total. The zero-order valence-electron chi connectivity index (χ0n) is 11.0. The zero-order chi connectivity index (χ0) is 13.3. The van der Waals surface area contributed by atoms with E-state index >= 15 is 0 Å². The van der Waals surface area contributed by atoms with Crippen LogP contribution in [0.3, 0.4) is 0 Å². The number of amides is 1. The zero-order valence-corrected chi connectivity index (χ0v) is 11.0. The van der Waals surface area contributed by atoms with E-state index in [4.69, 9.17) is 4.74 Å². The maximum Gasteiger partial charge on any atom is 0.256 e. The van der Waals surface area contributed by atoms with Crippen molar-refractivity contribution >= 4 is 5.91 Å². The van der Waals surface area contributed by atoms with Crippen LogP contribution in [0, 0.1) is 11.2 Å². The summed E-state index contributed by atoms with van der Waals surface area (Å²) in [5.41, 5.74) is 0.243. The van der Waals surface area contributed by atoms with Crippen molar-refractivity contribution in [1.82, 2.24) is 4.90 Å². The summed E-state index contributed by atoms with van der Waals surface area (Å²) >= 11 is 0. The van der Waals surface area contributed by atoms with E-state index in [0.717, 1.165) is 6.42 Å². The molecule has 0 bridgehead atoms. The summed E-state index contributed by atoms with van der Waals surface area (Å²) in [5, 5.41) is 0. The molecule has 18 heavy (non-hydrogen) atoms. The minimum absolute atomic E-state index is 0.119. The SMILES string of the molecule is COc1ccc(C(=O)N2CCC(C)(C)C2)c(F)c1. The van der Waals surface area contributed by atoms with Gasteiger partial charge in [-0.2, -0.15) is 0 Å². The van der Waals surface area contributed by atoms with Crippen LogP contribution in [0.2, 0.25) is 0 Å². The van der Waals surface area contributed by atoms with Crippen molar-refractivity contribution in [2.45, 2.75) is 20.3 Å². The second-order valence-corrected chi connectivity index (χ2v) is 5.49. The van der Waals surface area contributed by atoms with Crippen molar-refractivity contribution in [1.29, 1.82) is 0 Å². The van der Waals surface area contributed by atoms with Gasteiger partial charge >= 0.3 is 0 Å². The molecular formula is C14H18FNO2. The minimum Gasteiger partial charge on any atom is -0.497 e. The lowest BCUT2D eigenvalue weighted by Gasteiger charge is -2.20. The molecule has 1 heterocycles. The van der Waals surface area contributed by atoms with Gasteiger partial charge in [-0.15, -0.1) is 0 Å². The van der Waals surface area contributed by atoms with Gasteiger partial charge in [0, 0.05) is 19.2 Å². The fraction of sp³-hybridized carbons (Fsp3) is 0.500. The lowest BCUT2D eigenvalue weighted by Crippen LogP contribution is -2.30. The third-order valence-electron chi connectivity index (χ3n) is 3.37. The van der Waals surface area contributed by atoms with E-state index in [0.29, 0.717) is 18.8 Å². The molecule has 0 aromatic heterocycles. The number of benzene rings is 1. The Hall–Kier alpha value is -1.58. The highest BCUT2D eigenvalue weighted by atomic mass is 19.1. The standard InChI is InChI=1S/C14H18FNO2/c1-14(2)6-7-16(9-14)13(17)11-5-4-10(18-3)8-12(11)15/h4-5,8H,6-7,9H2,1-3H3. The molecule has 0 aliphatic carbocycles. The van der Waals surface area contributed by atoms with Crippen molar-refractivity contribution in [2.24, 2.45) is 5.41 Å². The predicted molar refractivity (Wildman–Crippen MR) is 67.3 cm³/mol. The number of halogens is 1. The Morgan fingerprint density at radius 1 is 1.44 bits per heavy atom. The van der Waals surface area contributed by atoms with E-state index in [1.165, 1.54) is 19.2 Å². The molecule has 0 radical (unpaired) electrons. The van der Waals surface area contributed by atoms with Gasteiger partial charge in [0.25, 0.3) is 5.91 Å². The maximum absolute atomic E-state index is 13.8. The van der Waals surface area contributed by atoms with Gasteiger partial charge in [-0.1, -0.05) is 13.8 Å². The number of carbonyl (C=O) groups is 1. The number of hydrogen-bond donors (Lipinski definition) is 0. The third-order valence-corrected chi connectivity index (χ3v) is 3.37. The summed E-state index contributed by atoms with van der Waals surface area (Å²) in [6.07, 6.45) is 0.955. The highest BCUT2D eigenvalue weighted by Crippen LogP contribution is 2.30. The average molecular weight is 251 g/mol. The quantitative estimate of drug-likeness (QED) is 0.808. The summed E-state index contributed by atoms with van der Waals surface area (Å²) in [5.74, 6) is -0.337. The molecule has 0 spiro atoms. The molecule has 2 rings (SSSR count). The van der Waals surface area contributed by atoms with Crippen LogP contribution in [0.15, 0.2) is 18.2 Å².